The molecule has 0 atom stereocenters. The topological polar surface area (TPSA) is 80.3 Å². The van der Waals surface area contributed by atoms with Crippen molar-refractivity contribution in [1.29, 1.82) is 0 Å². The summed E-state index contributed by atoms with van der Waals surface area (Å²) in [5.74, 6) is 0.460. The molecule has 0 saturated carbocycles. The fraction of sp³-hybridized carbons (Fsp3) is 0.227. The summed E-state index contributed by atoms with van der Waals surface area (Å²) in [5, 5.41) is 6.26. The van der Waals surface area contributed by atoms with Gasteiger partial charge < -0.3 is 10.1 Å². The molecule has 2 N–H and O–H groups in total. The first-order chi connectivity index (χ1) is 14.0. The number of hydrogen-bond acceptors (Lipinski definition) is 5. The lowest BCUT2D eigenvalue weighted by molar-refractivity contribution is -0.121. The standard InChI is InChI=1S/C22H23N3O3S/c1-15-16(2)29-22(24-15)25-21(27)18-10-8-17(9-11-18)14-23-20(26)12-13-28-19-6-4-3-5-7-19/h3-11H,12-14H2,1-2H3,(H,23,26)(H,24,25,27). The Balaban J connectivity index is 1.42. The van der Waals surface area contributed by atoms with Crippen LogP contribution >= 0.6 is 11.3 Å². The molecule has 3 aromatic rings. The Morgan fingerprint density at radius 2 is 1.76 bits per heavy atom. The van der Waals surface area contributed by atoms with Gasteiger partial charge >= 0.3 is 0 Å². The van der Waals surface area contributed by atoms with E-state index in [4.69, 9.17) is 4.74 Å². The number of carbonyl (C=O) groups excluding carboxylic acids is 2. The molecule has 2 aromatic carbocycles. The average molecular weight is 410 g/mol. The molecule has 1 aromatic heterocycles. The van der Waals surface area contributed by atoms with Crippen molar-refractivity contribution in [3.63, 3.8) is 0 Å². The Morgan fingerprint density at radius 1 is 1.03 bits per heavy atom. The summed E-state index contributed by atoms with van der Waals surface area (Å²) in [6.07, 6.45) is 0.280. The molecule has 3 rings (SSSR count). The van der Waals surface area contributed by atoms with Gasteiger partial charge in [0, 0.05) is 17.0 Å². The fourth-order valence-corrected chi connectivity index (χ4v) is 3.35. The van der Waals surface area contributed by atoms with Crippen molar-refractivity contribution in [2.24, 2.45) is 0 Å². The Labute approximate surface area is 173 Å². The zero-order valence-corrected chi connectivity index (χ0v) is 17.2. The van der Waals surface area contributed by atoms with E-state index < -0.39 is 0 Å². The van der Waals surface area contributed by atoms with Gasteiger partial charge in [0.2, 0.25) is 5.91 Å². The lowest BCUT2D eigenvalue weighted by Crippen LogP contribution is -2.24. The van der Waals surface area contributed by atoms with E-state index in [0.29, 0.717) is 23.8 Å². The molecular formula is C22H23N3O3S. The van der Waals surface area contributed by atoms with Crippen LogP contribution in [-0.2, 0) is 11.3 Å². The summed E-state index contributed by atoms with van der Waals surface area (Å²) >= 11 is 1.46. The smallest absolute Gasteiger partial charge is 0.257 e. The highest BCUT2D eigenvalue weighted by Crippen LogP contribution is 2.21. The molecule has 2 amide bonds. The monoisotopic (exact) mass is 409 g/mol. The highest BCUT2D eigenvalue weighted by Gasteiger charge is 2.10. The van der Waals surface area contributed by atoms with Gasteiger partial charge in [-0.15, -0.1) is 11.3 Å². The molecule has 0 radical (unpaired) electrons. The summed E-state index contributed by atoms with van der Waals surface area (Å²) in [6, 6.07) is 16.5. The van der Waals surface area contributed by atoms with Crippen LogP contribution in [0.1, 0.15) is 32.9 Å². The number of ether oxygens (including phenoxy) is 1. The number of benzene rings is 2. The molecule has 0 spiro atoms. The van der Waals surface area contributed by atoms with Crippen molar-refractivity contribution < 1.29 is 14.3 Å². The van der Waals surface area contributed by atoms with E-state index in [9.17, 15) is 9.59 Å². The van der Waals surface area contributed by atoms with Crippen molar-refractivity contribution >= 4 is 28.3 Å². The molecule has 7 heteroatoms. The predicted octanol–water partition coefficient (Wildman–Crippen LogP) is 4.10. The molecular weight excluding hydrogens is 386 g/mol. The number of para-hydroxylation sites is 1. The van der Waals surface area contributed by atoms with Crippen molar-refractivity contribution in [2.45, 2.75) is 26.8 Å². The largest absolute Gasteiger partial charge is 0.493 e. The summed E-state index contributed by atoms with van der Waals surface area (Å²) in [5.41, 5.74) is 2.38. The quantitative estimate of drug-likeness (QED) is 0.587. The fourth-order valence-electron chi connectivity index (χ4n) is 2.54. The first-order valence-corrected chi connectivity index (χ1v) is 10.1. The van der Waals surface area contributed by atoms with Crippen molar-refractivity contribution in [3.8, 4) is 5.75 Å². The van der Waals surface area contributed by atoms with Gasteiger partial charge in [0.25, 0.3) is 5.91 Å². The summed E-state index contributed by atoms with van der Waals surface area (Å²) in [7, 11) is 0. The zero-order valence-electron chi connectivity index (χ0n) is 16.4. The van der Waals surface area contributed by atoms with E-state index in [1.54, 1.807) is 12.1 Å². The second kappa shape index (κ2) is 9.84. The van der Waals surface area contributed by atoms with E-state index >= 15 is 0 Å². The Bertz CT molecular complexity index is 949. The number of rotatable bonds is 8. The van der Waals surface area contributed by atoms with Gasteiger partial charge in [0.05, 0.1) is 18.7 Å². The first-order valence-electron chi connectivity index (χ1n) is 9.30. The summed E-state index contributed by atoms with van der Waals surface area (Å²) in [4.78, 5) is 29.7. The first kappa shape index (κ1) is 20.5. The lowest BCUT2D eigenvalue weighted by atomic mass is 10.1. The predicted molar refractivity (Wildman–Crippen MR) is 114 cm³/mol. The van der Waals surface area contributed by atoms with Crippen LogP contribution in [0.25, 0.3) is 0 Å². The van der Waals surface area contributed by atoms with Crippen LogP contribution in [0.2, 0.25) is 0 Å². The minimum Gasteiger partial charge on any atom is -0.493 e. The van der Waals surface area contributed by atoms with Crippen LogP contribution in [0.3, 0.4) is 0 Å². The van der Waals surface area contributed by atoms with Crippen LogP contribution in [0, 0.1) is 13.8 Å². The SMILES string of the molecule is Cc1nc(NC(=O)c2ccc(CNC(=O)CCOc3ccccc3)cc2)sc1C. The molecule has 0 bridgehead atoms. The number of hydrogen-bond donors (Lipinski definition) is 2. The number of nitrogens with zero attached hydrogens (tertiary/aromatic N) is 1. The molecule has 6 nitrogen and oxygen atoms in total. The van der Waals surface area contributed by atoms with Gasteiger partial charge in [-0.2, -0.15) is 0 Å². The molecule has 0 unspecified atom stereocenters. The van der Waals surface area contributed by atoms with E-state index in [-0.39, 0.29) is 18.2 Å². The number of aryl methyl sites for hydroxylation is 2. The van der Waals surface area contributed by atoms with E-state index in [1.807, 2.05) is 56.3 Å². The van der Waals surface area contributed by atoms with Crippen molar-refractivity contribution in [2.75, 3.05) is 11.9 Å². The molecule has 29 heavy (non-hydrogen) atoms. The van der Waals surface area contributed by atoms with Gasteiger partial charge in [-0.25, -0.2) is 4.98 Å². The second-order valence-electron chi connectivity index (χ2n) is 6.50. The van der Waals surface area contributed by atoms with Crippen LogP contribution in [0.4, 0.5) is 5.13 Å². The highest BCUT2D eigenvalue weighted by atomic mass is 32.1. The maximum absolute atomic E-state index is 12.3. The number of carbonyl (C=O) groups is 2. The lowest BCUT2D eigenvalue weighted by Gasteiger charge is -2.08. The number of amides is 2. The summed E-state index contributed by atoms with van der Waals surface area (Å²) < 4.78 is 5.52. The van der Waals surface area contributed by atoms with Gasteiger partial charge in [-0.1, -0.05) is 30.3 Å². The Morgan fingerprint density at radius 3 is 2.41 bits per heavy atom. The van der Waals surface area contributed by atoms with Crippen LogP contribution in [0.15, 0.2) is 54.6 Å². The van der Waals surface area contributed by atoms with E-state index in [1.165, 1.54) is 11.3 Å². The van der Waals surface area contributed by atoms with Crippen LogP contribution in [0.5, 0.6) is 5.75 Å². The molecule has 0 fully saturated rings. The second-order valence-corrected chi connectivity index (χ2v) is 7.70. The minimum absolute atomic E-state index is 0.0859. The molecule has 1 heterocycles. The minimum atomic E-state index is -0.201. The Kier molecular flexibility index (Phi) is 6.97. The number of aromatic nitrogens is 1. The van der Waals surface area contributed by atoms with Crippen molar-refractivity contribution in [1.82, 2.24) is 10.3 Å². The molecule has 0 aliphatic carbocycles. The molecule has 0 aliphatic heterocycles. The van der Waals surface area contributed by atoms with E-state index in [0.717, 1.165) is 21.9 Å². The van der Waals surface area contributed by atoms with E-state index in [2.05, 4.69) is 15.6 Å². The van der Waals surface area contributed by atoms with Gasteiger partial charge in [0.1, 0.15) is 5.75 Å². The highest BCUT2D eigenvalue weighted by molar-refractivity contribution is 7.15. The third-order valence-electron chi connectivity index (χ3n) is 4.30. The van der Waals surface area contributed by atoms with Gasteiger partial charge in [-0.05, 0) is 43.7 Å². The molecule has 150 valence electrons. The normalized spacial score (nSPS) is 10.4. The van der Waals surface area contributed by atoms with Gasteiger partial charge in [0.15, 0.2) is 5.13 Å². The molecule has 0 aliphatic rings. The number of anilines is 1. The zero-order chi connectivity index (χ0) is 20.6. The average Bonchev–Trinajstić information content (AvgIpc) is 3.04. The maximum atomic E-state index is 12.3. The van der Waals surface area contributed by atoms with Crippen molar-refractivity contribution in [3.05, 3.63) is 76.3 Å². The third-order valence-corrected chi connectivity index (χ3v) is 5.28. The maximum Gasteiger partial charge on any atom is 0.257 e. The molecule has 0 saturated heterocycles. The van der Waals surface area contributed by atoms with Crippen LogP contribution in [-0.4, -0.2) is 23.4 Å². The Hall–Kier alpha value is -3.19. The van der Waals surface area contributed by atoms with Crippen LogP contribution < -0.4 is 15.4 Å². The third kappa shape index (κ3) is 6.15. The number of nitrogens with one attached hydrogen (secondary N) is 2. The summed E-state index contributed by atoms with van der Waals surface area (Å²) in [6.45, 7) is 4.61. The number of thiazole rings is 1. The van der Waals surface area contributed by atoms with Gasteiger partial charge in [-0.3, -0.25) is 14.9 Å².